The second-order valence-corrected chi connectivity index (χ2v) is 7.54. The average Bonchev–Trinajstić information content (AvgIpc) is 3.13. The lowest BCUT2D eigenvalue weighted by atomic mass is 9.98. The minimum Gasteiger partial charge on any atom is -0.449 e. The summed E-state index contributed by atoms with van der Waals surface area (Å²) in [4.78, 5) is 36.8. The number of carbonyl (C=O) groups is 3. The first-order valence-corrected chi connectivity index (χ1v) is 10.6. The Balaban J connectivity index is 1.58. The zero-order chi connectivity index (χ0) is 22.9. The summed E-state index contributed by atoms with van der Waals surface area (Å²) in [5.41, 5.74) is 4.45. The minimum absolute atomic E-state index is 0.0873. The second-order valence-electron chi connectivity index (χ2n) is 7.54. The van der Waals surface area contributed by atoms with Crippen molar-refractivity contribution in [2.75, 3.05) is 33.9 Å². The van der Waals surface area contributed by atoms with Crippen LogP contribution >= 0.6 is 0 Å². The highest BCUT2D eigenvalue weighted by molar-refractivity contribution is 5.90. The molecule has 1 unspecified atom stereocenters. The molecule has 0 aromatic heterocycles. The van der Waals surface area contributed by atoms with Crippen molar-refractivity contribution in [2.24, 2.45) is 0 Å². The van der Waals surface area contributed by atoms with E-state index in [1.165, 1.54) is 7.05 Å². The third-order valence-corrected chi connectivity index (χ3v) is 5.44. The molecule has 2 aromatic carbocycles. The van der Waals surface area contributed by atoms with Crippen molar-refractivity contribution >= 4 is 17.9 Å². The Morgan fingerprint density at radius 2 is 1.62 bits per heavy atom. The van der Waals surface area contributed by atoms with Gasteiger partial charge in [0.25, 0.3) is 0 Å². The summed E-state index contributed by atoms with van der Waals surface area (Å²) < 4.78 is 10.4. The third kappa shape index (κ3) is 5.64. The van der Waals surface area contributed by atoms with Gasteiger partial charge in [0.1, 0.15) is 12.6 Å². The van der Waals surface area contributed by atoms with Gasteiger partial charge in [-0.1, -0.05) is 48.5 Å². The Morgan fingerprint density at radius 1 is 1.00 bits per heavy atom. The number of methoxy groups -OCH3 is 1. The number of alkyl carbamates (subject to hydrolysis) is 1. The van der Waals surface area contributed by atoms with Crippen molar-refractivity contribution in [3.05, 3.63) is 59.7 Å². The molecule has 0 aliphatic heterocycles. The normalized spacial score (nSPS) is 12.9. The Labute approximate surface area is 187 Å². The zero-order valence-corrected chi connectivity index (χ0v) is 18.4. The lowest BCUT2D eigenvalue weighted by molar-refractivity contribution is -0.128. The highest BCUT2D eigenvalue weighted by Crippen LogP contribution is 2.44. The number of ether oxygens (including phenoxy) is 2. The number of fused-ring (bicyclic) bond motifs is 3. The summed E-state index contributed by atoms with van der Waals surface area (Å²) in [5, 5.41) is 7.69. The van der Waals surface area contributed by atoms with Gasteiger partial charge in [-0.05, 0) is 28.7 Å². The quantitative estimate of drug-likeness (QED) is 0.492. The first-order chi connectivity index (χ1) is 15.5. The molecule has 170 valence electrons. The van der Waals surface area contributed by atoms with Crippen LogP contribution in [0.1, 0.15) is 29.9 Å². The van der Waals surface area contributed by atoms with E-state index < -0.39 is 18.0 Å². The van der Waals surface area contributed by atoms with E-state index in [2.05, 4.69) is 28.1 Å². The van der Waals surface area contributed by atoms with Crippen LogP contribution in [0, 0.1) is 0 Å². The Morgan fingerprint density at radius 3 is 2.22 bits per heavy atom. The highest BCUT2D eigenvalue weighted by atomic mass is 16.5. The van der Waals surface area contributed by atoms with Crippen molar-refractivity contribution in [2.45, 2.75) is 24.8 Å². The number of hydrogen-bond acceptors (Lipinski definition) is 5. The maximum atomic E-state index is 12.5. The van der Waals surface area contributed by atoms with Gasteiger partial charge in [0, 0.05) is 33.2 Å². The molecule has 0 radical (unpaired) electrons. The molecular weight excluding hydrogens is 410 g/mol. The summed E-state index contributed by atoms with van der Waals surface area (Å²) >= 11 is 0. The summed E-state index contributed by atoms with van der Waals surface area (Å²) in [6, 6.07) is 15.0. The van der Waals surface area contributed by atoms with Crippen LogP contribution in [0.2, 0.25) is 0 Å². The van der Waals surface area contributed by atoms with E-state index in [4.69, 9.17) is 9.47 Å². The van der Waals surface area contributed by atoms with Crippen LogP contribution in [0.4, 0.5) is 4.79 Å². The molecule has 8 nitrogen and oxygen atoms in total. The fourth-order valence-electron chi connectivity index (χ4n) is 3.87. The van der Waals surface area contributed by atoms with Gasteiger partial charge in [-0.2, -0.15) is 0 Å². The predicted molar refractivity (Wildman–Crippen MR) is 120 cm³/mol. The lowest BCUT2D eigenvalue weighted by Gasteiger charge is -2.19. The van der Waals surface area contributed by atoms with E-state index in [9.17, 15) is 14.4 Å². The van der Waals surface area contributed by atoms with Crippen LogP contribution in [0.25, 0.3) is 11.1 Å². The zero-order valence-electron chi connectivity index (χ0n) is 18.4. The second kappa shape index (κ2) is 11.3. The highest BCUT2D eigenvalue weighted by Gasteiger charge is 2.30. The number of benzene rings is 2. The number of amides is 3. The number of nitrogens with one attached hydrogen (secondary N) is 3. The average molecular weight is 440 g/mol. The smallest absolute Gasteiger partial charge is 0.407 e. The van der Waals surface area contributed by atoms with Crippen LogP contribution in [0.15, 0.2) is 48.5 Å². The topological polar surface area (TPSA) is 106 Å². The van der Waals surface area contributed by atoms with Gasteiger partial charge in [-0.25, -0.2) is 4.79 Å². The molecule has 0 saturated carbocycles. The van der Waals surface area contributed by atoms with Crippen molar-refractivity contribution in [3.63, 3.8) is 0 Å². The van der Waals surface area contributed by atoms with E-state index in [1.807, 2.05) is 36.4 Å². The van der Waals surface area contributed by atoms with Crippen LogP contribution in [0.5, 0.6) is 0 Å². The van der Waals surface area contributed by atoms with Crippen LogP contribution in [-0.2, 0) is 19.1 Å². The molecule has 1 atom stereocenters. The van der Waals surface area contributed by atoms with Crippen molar-refractivity contribution in [1.82, 2.24) is 16.0 Å². The van der Waals surface area contributed by atoms with Gasteiger partial charge in [0.15, 0.2) is 0 Å². The summed E-state index contributed by atoms with van der Waals surface area (Å²) in [5.74, 6) is -0.894. The molecule has 1 aliphatic rings. The van der Waals surface area contributed by atoms with Crippen LogP contribution in [0.3, 0.4) is 0 Å². The van der Waals surface area contributed by atoms with Crippen LogP contribution in [-0.4, -0.2) is 57.9 Å². The molecule has 3 amide bonds. The molecule has 32 heavy (non-hydrogen) atoms. The van der Waals surface area contributed by atoms with E-state index >= 15 is 0 Å². The van der Waals surface area contributed by atoms with E-state index in [0.717, 1.165) is 22.3 Å². The lowest BCUT2D eigenvalue weighted by Crippen LogP contribution is -2.48. The largest absolute Gasteiger partial charge is 0.449 e. The van der Waals surface area contributed by atoms with E-state index in [1.54, 1.807) is 7.11 Å². The minimum atomic E-state index is -1.03. The maximum absolute atomic E-state index is 12.5. The van der Waals surface area contributed by atoms with Gasteiger partial charge in [0.05, 0.1) is 6.42 Å². The molecule has 0 saturated heterocycles. The van der Waals surface area contributed by atoms with Crippen molar-refractivity contribution < 1.29 is 23.9 Å². The van der Waals surface area contributed by atoms with Crippen LogP contribution < -0.4 is 16.0 Å². The van der Waals surface area contributed by atoms with Gasteiger partial charge in [-0.3, -0.25) is 9.59 Å². The summed E-state index contributed by atoms with van der Waals surface area (Å²) in [7, 11) is 3.03. The number of hydrogen-bond donors (Lipinski definition) is 3. The maximum Gasteiger partial charge on any atom is 0.407 e. The number of rotatable bonds is 10. The first kappa shape index (κ1) is 23.3. The van der Waals surface area contributed by atoms with Gasteiger partial charge in [0.2, 0.25) is 11.8 Å². The SMILES string of the molecule is CNC(=O)C(CC(=O)NCCCOC)NC(=O)OCC1c2ccccc2-c2ccccc21. The Hall–Kier alpha value is -3.39. The molecule has 0 bridgehead atoms. The predicted octanol–water partition coefficient (Wildman–Crippen LogP) is 2.18. The van der Waals surface area contributed by atoms with E-state index in [0.29, 0.717) is 19.6 Å². The molecule has 1 aliphatic carbocycles. The molecule has 2 aromatic rings. The Kier molecular flexibility index (Phi) is 8.21. The molecule has 8 heteroatoms. The number of carbonyl (C=O) groups excluding carboxylic acids is 3. The molecule has 3 rings (SSSR count). The first-order valence-electron chi connectivity index (χ1n) is 10.6. The molecular formula is C24H29N3O5. The standard InChI is InChI=1S/C24H29N3O5/c1-25-23(29)21(14-22(28)26-12-7-13-31-2)27-24(30)32-15-20-18-10-5-3-8-16(18)17-9-4-6-11-19(17)20/h3-6,8-11,20-21H,7,12-15H2,1-2H3,(H,25,29)(H,26,28)(H,27,30). The fourth-order valence-corrected chi connectivity index (χ4v) is 3.87. The van der Waals surface area contributed by atoms with Gasteiger partial charge in [-0.15, -0.1) is 0 Å². The van der Waals surface area contributed by atoms with E-state index in [-0.39, 0.29) is 24.9 Å². The molecule has 0 fully saturated rings. The molecule has 0 spiro atoms. The Bertz CT molecular complexity index is 917. The van der Waals surface area contributed by atoms with Gasteiger partial charge < -0.3 is 25.4 Å². The number of likely N-dealkylation sites (N-methyl/N-ethyl adjacent to an activating group) is 1. The molecule has 3 N–H and O–H groups in total. The van der Waals surface area contributed by atoms with Crippen molar-refractivity contribution in [1.29, 1.82) is 0 Å². The monoisotopic (exact) mass is 439 g/mol. The summed E-state index contributed by atoms with van der Waals surface area (Å²) in [6.07, 6.45) is -0.267. The third-order valence-electron chi connectivity index (χ3n) is 5.44. The molecule has 0 heterocycles. The van der Waals surface area contributed by atoms with Gasteiger partial charge >= 0.3 is 6.09 Å². The summed E-state index contributed by atoms with van der Waals surface area (Å²) in [6.45, 7) is 1.08. The fraction of sp³-hybridized carbons (Fsp3) is 0.375. The van der Waals surface area contributed by atoms with Crippen molar-refractivity contribution in [3.8, 4) is 11.1 Å².